The van der Waals surface area contributed by atoms with Crippen LogP contribution in [0.25, 0.3) is 0 Å². The molecule has 0 unspecified atom stereocenters. The van der Waals surface area contributed by atoms with E-state index in [1.165, 1.54) is 29.6 Å². The molecule has 0 bridgehead atoms. The van der Waals surface area contributed by atoms with Gasteiger partial charge in [-0.25, -0.2) is 8.42 Å². The zero-order chi connectivity index (χ0) is 31.8. The predicted octanol–water partition coefficient (Wildman–Crippen LogP) is 4.98. The van der Waals surface area contributed by atoms with Crippen molar-refractivity contribution in [3.63, 3.8) is 0 Å². The summed E-state index contributed by atoms with van der Waals surface area (Å²) in [5.74, 6) is 0.886. The fourth-order valence-electron chi connectivity index (χ4n) is 7.45. The summed E-state index contributed by atoms with van der Waals surface area (Å²) < 4.78 is 75.5. The summed E-state index contributed by atoms with van der Waals surface area (Å²) in [6.07, 6.45) is 4.00. The molecule has 1 amide bonds. The average molecular weight is 649 g/mol. The summed E-state index contributed by atoms with van der Waals surface area (Å²) in [6, 6.07) is 9.19. The van der Waals surface area contributed by atoms with Gasteiger partial charge in [0.2, 0.25) is 15.9 Å². The number of rotatable bonds is 7. The number of hydrogen-bond acceptors (Lipinski definition) is 6. The predicted molar refractivity (Wildman–Crippen MR) is 164 cm³/mol. The Morgan fingerprint density at radius 2 is 1.62 bits per heavy atom. The maximum atomic E-state index is 14.1. The first-order valence-electron chi connectivity index (χ1n) is 16.2. The minimum Gasteiger partial charge on any atom is -0.493 e. The number of piperidine rings is 1. The first kappa shape index (κ1) is 32.3. The van der Waals surface area contributed by atoms with Crippen molar-refractivity contribution in [1.29, 1.82) is 0 Å². The molecule has 2 N–H and O–H groups in total. The van der Waals surface area contributed by atoms with E-state index in [9.17, 15) is 26.4 Å². The van der Waals surface area contributed by atoms with Gasteiger partial charge in [0, 0.05) is 44.8 Å². The summed E-state index contributed by atoms with van der Waals surface area (Å²) >= 11 is 0. The van der Waals surface area contributed by atoms with Crippen LogP contribution in [0.15, 0.2) is 47.4 Å². The third-order valence-electron chi connectivity index (χ3n) is 10.1. The van der Waals surface area contributed by atoms with Crippen LogP contribution in [-0.4, -0.2) is 79.8 Å². The normalized spacial score (nSPS) is 24.5. The summed E-state index contributed by atoms with van der Waals surface area (Å²) in [7, 11) is -4.03. The van der Waals surface area contributed by atoms with E-state index in [0.717, 1.165) is 24.5 Å². The van der Waals surface area contributed by atoms with Gasteiger partial charge in [0.25, 0.3) is 0 Å². The molecule has 0 radical (unpaired) electrons. The van der Waals surface area contributed by atoms with Crippen LogP contribution in [0, 0.1) is 5.92 Å². The first-order valence-corrected chi connectivity index (χ1v) is 17.7. The van der Waals surface area contributed by atoms with E-state index in [-0.39, 0.29) is 36.0 Å². The quantitative estimate of drug-likeness (QED) is 0.456. The first-order chi connectivity index (χ1) is 21.5. The van der Waals surface area contributed by atoms with E-state index in [0.29, 0.717) is 69.2 Å². The van der Waals surface area contributed by atoms with Crippen LogP contribution >= 0.6 is 0 Å². The monoisotopic (exact) mass is 648 g/mol. The molecule has 4 aliphatic rings. The lowest BCUT2D eigenvalue weighted by atomic mass is 9.90. The number of alkyl halides is 3. The highest BCUT2D eigenvalue weighted by Crippen LogP contribution is 2.41. The Balaban J connectivity index is 1.21. The highest BCUT2D eigenvalue weighted by atomic mass is 32.2. The van der Waals surface area contributed by atoms with E-state index in [2.05, 4.69) is 4.90 Å². The van der Waals surface area contributed by atoms with Crippen molar-refractivity contribution < 1.29 is 31.1 Å². The summed E-state index contributed by atoms with van der Waals surface area (Å²) in [5.41, 5.74) is 6.89. The van der Waals surface area contributed by atoms with Crippen molar-refractivity contribution in [3.05, 3.63) is 59.2 Å². The number of amides is 1. The molecule has 2 heterocycles. The molecule has 8 nitrogen and oxygen atoms in total. The summed E-state index contributed by atoms with van der Waals surface area (Å²) in [6.45, 7) is 2.16. The van der Waals surface area contributed by atoms with Gasteiger partial charge in [0.05, 0.1) is 17.1 Å². The zero-order valence-electron chi connectivity index (χ0n) is 25.6. The summed E-state index contributed by atoms with van der Waals surface area (Å²) in [4.78, 5) is 17.9. The maximum absolute atomic E-state index is 14.1. The van der Waals surface area contributed by atoms with Gasteiger partial charge in [0.1, 0.15) is 11.8 Å². The Bertz CT molecular complexity index is 1460. The maximum Gasteiger partial charge on any atom is 0.416 e. The Morgan fingerprint density at radius 3 is 2.31 bits per heavy atom. The standard InChI is InChI=1S/C33H43F3N4O4S/c34-33(35,36)25-7-12-29-24(20-25)6-13-30(29)39-18-19-40(31(21-39)32(41)38-16-14-26(37)15-17-38)45(42,43)28-10-8-27(9-11-28)44-22-23-4-2-1-3-5-23/h7-12,20,23,26,30-31H,1-6,13-19,21-22,37H2/t30-,31+/m1/s1. The van der Waals surface area contributed by atoms with E-state index < -0.39 is 27.8 Å². The highest BCUT2D eigenvalue weighted by Gasteiger charge is 2.45. The fourth-order valence-corrected chi connectivity index (χ4v) is 9.02. The molecule has 246 valence electrons. The molecule has 2 aliphatic heterocycles. The topological polar surface area (TPSA) is 96.2 Å². The smallest absolute Gasteiger partial charge is 0.416 e. The molecule has 0 aromatic heterocycles. The molecule has 0 spiro atoms. The van der Waals surface area contributed by atoms with Gasteiger partial charge >= 0.3 is 6.18 Å². The van der Waals surface area contributed by atoms with Gasteiger partial charge in [-0.2, -0.15) is 17.5 Å². The number of aryl methyl sites for hydroxylation is 1. The van der Waals surface area contributed by atoms with E-state index in [4.69, 9.17) is 10.5 Å². The molecule has 3 fully saturated rings. The van der Waals surface area contributed by atoms with Crippen molar-refractivity contribution in [1.82, 2.24) is 14.1 Å². The molecule has 6 rings (SSSR count). The van der Waals surface area contributed by atoms with Crippen LogP contribution in [0.1, 0.15) is 74.1 Å². The van der Waals surface area contributed by atoms with Crippen molar-refractivity contribution in [2.24, 2.45) is 11.7 Å². The number of carbonyl (C=O) groups excluding carboxylic acids is 1. The molecule has 2 aromatic rings. The Kier molecular flexibility index (Phi) is 9.48. The molecule has 12 heteroatoms. The Morgan fingerprint density at radius 1 is 0.911 bits per heavy atom. The van der Waals surface area contributed by atoms with Gasteiger partial charge in [-0.3, -0.25) is 9.69 Å². The lowest BCUT2D eigenvalue weighted by molar-refractivity contribution is -0.139. The van der Waals surface area contributed by atoms with Crippen LogP contribution in [0.3, 0.4) is 0 Å². The third kappa shape index (κ3) is 7.03. The van der Waals surface area contributed by atoms with Gasteiger partial charge in [-0.15, -0.1) is 0 Å². The third-order valence-corrected chi connectivity index (χ3v) is 12.0. The van der Waals surface area contributed by atoms with Gasteiger partial charge in [0.15, 0.2) is 0 Å². The second kappa shape index (κ2) is 13.2. The van der Waals surface area contributed by atoms with Crippen LogP contribution in [0.4, 0.5) is 13.2 Å². The number of piperazine rings is 1. The van der Waals surface area contributed by atoms with E-state index >= 15 is 0 Å². The number of carbonyl (C=O) groups is 1. The lowest BCUT2D eigenvalue weighted by Gasteiger charge is -2.44. The van der Waals surface area contributed by atoms with Crippen LogP contribution in [-0.2, 0) is 27.4 Å². The minimum atomic E-state index is -4.42. The SMILES string of the molecule is NC1CCN(C(=O)[C@@H]2CN([C@@H]3CCc4cc(C(F)(F)F)ccc43)CCN2S(=O)(=O)c2ccc(OCC3CCCCC3)cc2)CC1. The largest absolute Gasteiger partial charge is 0.493 e. The molecule has 2 saturated heterocycles. The molecule has 2 aromatic carbocycles. The average Bonchev–Trinajstić information content (AvgIpc) is 3.47. The fraction of sp³-hybridized carbons (Fsp3) is 0.606. The number of benzene rings is 2. The number of sulfonamides is 1. The molecular formula is C33H43F3N4O4S. The van der Waals surface area contributed by atoms with Gasteiger partial charge < -0.3 is 15.4 Å². The molecular weight excluding hydrogens is 605 g/mol. The van der Waals surface area contributed by atoms with Gasteiger partial charge in [-0.1, -0.05) is 25.3 Å². The molecule has 1 saturated carbocycles. The van der Waals surface area contributed by atoms with E-state index in [1.54, 1.807) is 35.2 Å². The minimum absolute atomic E-state index is 0.00664. The van der Waals surface area contributed by atoms with Gasteiger partial charge in [-0.05, 0) is 92.0 Å². The number of fused-ring (bicyclic) bond motifs is 1. The molecule has 2 atom stereocenters. The lowest BCUT2D eigenvalue weighted by Crippen LogP contribution is -2.62. The Labute approximate surface area is 263 Å². The highest BCUT2D eigenvalue weighted by molar-refractivity contribution is 7.89. The second-order valence-corrected chi connectivity index (χ2v) is 14.9. The number of nitrogens with zero attached hydrogens (tertiary/aromatic N) is 3. The summed E-state index contributed by atoms with van der Waals surface area (Å²) in [5, 5.41) is 0. The second-order valence-electron chi connectivity index (χ2n) is 13.0. The van der Waals surface area contributed by atoms with Crippen molar-refractivity contribution >= 4 is 15.9 Å². The molecule has 2 aliphatic carbocycles. The van der Waals surface area contributed by atoms with Crippen molar-refractivity contribution in [2.45, 2.75) is 87.0 Å². The molecule has 45 heavy (non-hydrogen) atoms. The zero-order valence-corrected chi connectivity index (χ0v) is 26.4. The number of halogens is 3. The van der Waals surface area contributed by atoms with E-state index in [1.807, 2.05) is 0 Å². The number of ether oxygens (including phenoxy) is 1. The van der Waals surface area contributed by atoms with Crippen LogP contribution in [0.5, 0.6) is 5.75 Å². The number of hydrogen-bond donors (Lipinski definition) is 1. The number of likely N-dealkylation sites (tertiary alicyclic amines) is 1. The van der Waals surface area contributed by atoms with Crippen LogP contribution < -0.4 is 10.5 Å². The van der Waals surface area contributed by atoms with Crippen LogP contribution in [0.2, 0.25) is 0 Å². The Hall–Kier alpha value is -2.67. The number of nitrogens with two attached hydrogens (primary N) is 1. The van der Waals surface area contributed by atoms with Crippen molar-refractivity contribution in [2.75, 3.05) is 39.3 Å². The van der Waals surface area contributed by atoms with Crippen molar-refractivity contribution in [3.8, 4) is 5.75 Å².